The van der Waals surface area contributed by atoms with Gasteiger partial charge >= 0.3 is 6.09 Å². The van der Waals surface area contributed by atoms with Crippen molar-refractivity contribution in [1.82, 2.24) is 34.3 Å². The largest absolute Gasteiger partial charge is 0.444 e. The number of carbonyl (C=O) groups is 1. The van der Waals surface area contributed by atoms with E-state index in [2.05, 4.69) is 119 Å². The van der Waals surface area contributed by atoms with Gasteiger partial charge in [-0.05, 0) is 118 Å². The van der Waals surface area contributed by atoms with Crippen molar-refractivity contribution in [2.24, 2.45) is 5.73 Å². The Morgan fingerprint density at radius 1 is 0.644 bits per heavy atom. The van der Waals surface area contributed by atoms with E-state index in [0.29, 0.717) is 48.6 Å². The number of methoxy groups -OCH3 is 2. The lowest BCUT2D eigenvalue weighted by atomic mass is 10.0. The summed E-state index contributed by atoms with van der Waals surface area (Å²) < 4.78 is 20.2. The van der Waals surface area contributed by atoms with Crippen LogP contribution in [0.1, 0.15) is 80.3 Å². The Morgan fingerprint density at radius 3 is 1.60 bits per heavy atom. The molecule has 0 unspecified atom stereocenters. The number of carbonyl (C=O) groups excluding carboxylic acids is 1. The topological polar surface area (TPSA) is 184 Å². The Kier molecular flexibility index (Phi) is 12.7. The minimum absolute atomic E-state index is 0.0518. The van der Waals surface area contributed by atoms with Crippen LogP contribution in [0.25, 0.3) is 11.0 Å². The first kappa shape index (κ1) is 48.3. The number of nitrogens with one attached hydrogen (secondary N) is 1. The summed E-state index contributed by atoms with van der Waals surface area (Å²) in [6, 6.07) is 31.3. The average Bonchev–Trinajstić information content (AvgIpc) is 4.25. The second kappa shape index (κ2) is 19.2. The summed E-state index contributed by atoms with van der Waals surface area (Å²) in [6.07, 6.45) is 3.08. The molecule has 4 fully saturated rings. The molecule has 18 heteroatoms. The van der Waals surface area contributed by atoms with E-state index in [0.717, 1.165) is 80.5 Å². The molecule has 18 nitrogen and oxygen atoms in total. The van der Waals surface area contributed by atoms with Crippen LogP contribution in [0.15, 0.2) is 85.2 Å². The number of piperazine rings is 2. The maximum absolute atomic E-state index is 12.4. The lowest BCUT2D eigenvalue weighted by molar-refractivity contribution is 0.0417. The van der Waals surface area contributed by atoms with Crippen LogP contribution in [-0.2, 0) is 27.3 Å². The van der Waals surface area contributed by atoms with E-state index in [1.54, 1.807) is 35.6 Å². The number of nitrogens with zero attached hydrogens (tertiary/aromatic N) is 12. The minimum atomic E-state index is -0.547. The van der Waals surface area contributed by atoms with Gasteiger partial charge in [-0.25, -0.2) is 13.8 Å². The van der Waals surface area contributed by atoms with Gasteiger partial charge in [0.15, 0.2) is 0 Å². The predicted octanol–water partition coefficient (Wildman–Crippen LogP) is 5.83. The lowest BCUT2D eigenvalue weighted by Crippen LogP contribution is -2.51. The molecule has 73 heavy (non-hydrogen) atoms. The fourth-order valence-electron chi connectivity index (χ4n) is 12.4. The summed E-state index contributed by atoms with van der Waals surface area (Å²) in [5.74, 6) is 0. The second-order valence-electron chi connectivity index (χ2n) is 21.6. The third-order valence-corrected chi connectivity index (χ3v) is 16.0. The number of hydrogen-bond donors (Lipinski definition) is 2. The number of ether oxygens (including phenoxy) is 3. The first-order chi connectivity index (χ1) is 35.2. The van der Waals surface area contributed by atoms with E-state index in [9.17, 15) is 15.3 Å². The van der Waals surface area contributed by atoms with Gasteiger partial charge in [-0.3, -0.25) is 9.80 Å². The zero-order valence-electron chi connectivity index (χ0n) is 42.8. The van der Waals surface area contributed by atoms with Gasteiger partial charge in [0.2, 0.25) is 0 Å². The number of pyridine rings is 2. The summed E-state index contributed by atoms with van der Waals surface area (Å²) in [5, 5.41) is 30.7. The number of benzene rings is 2. The van der Waals surface area contributed by atoms with Crippen LogP contribution in [0.5, 0.6) is 0 Å². The maximum Gasteiger partial charge on any atom is 0.408 e. The first-order valence-electron chi connectivity index (χ1n) is 25.5. The van der Waals surface area contributed by atoms with Gasteiger partial charge in [0.25, 0.3) is 0 Å². The number of amides is 1. The molecule has 0 saturated carbocycles. The molecule has 4 aromatic heterocycles. The fraction of sp³-hybridized carbons (Fsp3) is 0.473. The van der Waals surface area contributed by atoms with Crippen LogP contribution in [-0.4, -0.2) is 144 Å². The molecule has 6 aromatic rings. The number of aromatic nitrogens is 4. The van der Waals surface area contributed by atoms with E-state index in [4.69, 9.17) is 19.9 Å². The zero-order valence-corrected chi connectivity index (χ0v) is 42.8. The van der Waals surface area contributed by atoms with Crippen LogP contribution < -0.4 is 30.7 Å². The van der Waals surface area contributed by atoms with Crippen LogP contribution in [0.3, 0.4) is 0 Å². The van der Waals surface area contributed by atoms with Gasteiger partial charge in [0, 0.05) is 103 Å². The smallest absolute Gasteiger partial charge is 0.408 e. The quantitative estimate of drug-likeness (QED) is 0.195. The second-order valence-corrected chi connectivity index (χ2v) is 21.6. The van der Waals surface area contributed by atoms with Gasteiger partial charge in [0.1, 0.15) is 29.1 Å². The number of fused-ring (bicyclic) bond motifs is 8. The third kappa shape index (κ3) is 8.95. The van der Waals surface area contributed by atoms with Crippen LogP contribution in [0.2, 0.25) is 0 Å². The molecule has 2 aromatic carbocycles. The van der Waals surface area contributed by atoms with Crippen molar-refractivity contribution in [3.05, 3.63) is 119 Å². The van der Waals surface area contributed by atoms with Crippen molar-refractivity contribution in [2.75, 3.05) is 86.2 Å². The Bertz CT molecular complexity index is 3130. The van der Waals surface area contributed by atoms with Gasteiger partial charge in [-0.15, -0.1) is 0 Å². The number of nitriles is 2. The third-order valence-electron chi connectivity index (χ3n) is 16.0. The molecule has 0 bridgehead atoms. The predicted molar refractivity (Wildman–Crippen MR) is 280 cm³/mol. The summed E-state index contributed by atoms with van der Waals surface area (Å²) in [4.78, 5) is 27.2. The van der Waals surface area contributed by atoms with E-state index in [1.807, 2.05) is 45.0 Å². The Labute approximate surface area is 427 Å². The molecule has 1 amide bonds. The molecule has 0 radical (unpaired) electrons. The van der Waals surface area contributed by atoms with Crippen molar-refractivity contribution in [3.63, 3.8) is 0 Å². The Balaban J connectivity index is 0.000000160. The number of alkyl carbamates (subject to hydrolysis) is 1. The van der Waals surface area contributed by atoms with Crippen molar-refractivity contribution < 1.29 is 19.0 Å². The molecule has 8 atom stereocenters. The summed E-state index contributed by atoms with van der Waals surface area (Å²) in [7, 11) is 3.44. The van der Waals surface area contributed by atoms with Gasteiger partial charge < -0.3 is 44.9 Å². The molecule has 6 aliphatic heterocycles. The summed E-state index contributed by atoms with van der Waals surface area (Å²) >= 11 is 0. The van der Waals surface area contributed by atoms with Crippen molar-refractivity contribution in [1.29, 1.82) is 10.5 Å². The molecular weight excluding hydrogens is 921 g/mol. The van der Waals surface area contributed by atoms with Crippen molar-refractivity contribution in [3.8, 4) is 12.1 Å². The average molecular weight is 987 g/mol. The highest BCUT2D eigenvalue weighted by atomic mass is 16.6. The number of anilines is 4. The van der Waals surface area contributed by atoms with Crippen LogP contribution in [0, 0.1) is 22.7 Å². The van der Waals surface area contributed by atoms with E-state index < -0.39 is 11.7 Å². The zero-order chi connectivity index (χ0) is 50.9. The molecule has 10 heterocycles. The summed E-state index contributed by atoms with van der Waals surface area (Å²) in [5.41, 5.74) is 18.9. The monoisotopic (exact) mass is 987 g/mol. The molecule has 4 saturated heterocycles. The Morgan fingerprint density at radius 2 is 1.14 bits per heavy atom. The highest BCUT2D eigenvalue weighted by molar-refractivity contribution is 5.76. The normalized spacial score (nSPS) is 25.7. The highest BCUT2D eigenvalue weighted by Crippen LogP contribution is 2.44. The minimum Gasteiger partial charge on any atom is -0.444 e. The highest BCUT2D eigenvalue weighted by Gasteiger charge is 2.42. The van der Waals surface area contributed by atoms with Gasteiger partial charge in [-0.1, -0.05) is 12.1 Å². The standard InChI is InChI=1S/C30H37N7O3.C25H29N7O/c1-19-14-35(25-9-7-22(13-31)37-26(25)10-11-32-37)17-27-23-8-6-21(12-20(23)15-36(19)27)34-16-24(28(18-34)39-5)33-29(38)40-30(2,3)4;1-16-11-30(22-6-4-19(10-26)32-23(22)7-8-28-32)14-24-20-5-3-18(9-17(20)12-31(16)24)29-13-21(27)25(15-29)33-2/h6-12,19,24,27-28H,14-18H2,1-5H3,(H,33,38);3-9,16,21,24-25H,11-15,27H2,1-2H3/t19-,24-,27-,28-;16-,21-,24-,25-/m11/s1. The fourth-order valence-corrected chi connectivity index (χ4v) is 12.4. The summed E-state index contributed by atoms with van der Waals surface area (Å²) in [6.45, 7) is 18.8. The maximum atomic E-state index is 12.4. The molecular formula is C55H66N14O4. The lowest BCUT2D eigenvalue weighted by Gasteiger charge is -2.43. The Hall–Kier alpha value is -6.93. The van der Waals surface area contributed by atoms with Crippen molar-refractivity contribution >= 4 is 39.9 Å². The molecule has 6 aliphatic rings. The van der Waals surface area contributed by atoms with Gasteiger partial charge in [0.05, 0.1) is 71.2 Å². The van der Waals surface area contributed by atoms with E-state index in [1.165, 1.54) is 27.9 Å². The molecule has 0 aliphatic carbocycles. The van der Waals surface area contributed by atoms with Gasteiger partial charge in [-0.2, -0.15) is 20.7 Å². The van der Waals surface area contributed by atoms with Crippen LogP contribution in [0.4, 0.5) is 27.5 Å². The molecule has 12 rings (SSSR count). The number of hydrogen-bond acceptors (Lipinski definition) is 15. The number of rotatable bonds is 7. The van der Waals surface area contributed by atoms with E-state index >= 15 is 0 Å². The molecule has 0 spiro atoms. The molecule has 380 valence electrons. The number of nitrogens with two attached hydrogens (primary N) is 1. The van der Waals surface area contributed by atoms with Crippen molar-refractivity contribution in [2.45, 2.75) is 102 Å². The van der Waals surface area contributed by atoms with E-state index in [-0.39, 0.29) is 24.3 Å². The molecule has 3 N–H and O–H groups in total. The van der Waals surface area contributed by atoms with Crippen LogP contribution >= 0.6 is 0 Å². The first-order valence-corrected chi connectivity index (χ1v) is 25.5. The SMILES string of the molecule is CO[C@@H]1CN(c2ccc3c(c2)CN2[C@H](C)CN(c4ccc(C#N)n5nccc45)C[C@H]32)C[C@H]1N.CO[C@@H]1CN(c2ccc3c(c2)CN2[C@H](C)CN(c4ccc(C#N)n5nccc45)C[C@H]32)C[C@H]1NC(=O)OC(C)(C)C.